The Labute approximate surface area is 183 Å². The van der Waals surface area contributed by atoms with Crippen molar-refractivity contribution in [3.8, 4) is 0 Å². The quantitative estimate of drug-likeness (QED) is 0.399. The fraction of sp³-hybridized carbons (Fsp3) is 0.889. The summed E-state index contributed by atoms with van der Waals surface area (Å²) in [4.78, 5) is 11.6. The molecule has 4 fully saturated rings. The van der Waals surface area contributed by atoms with E-state index in [-0.39, 0.29) is 12.2 Å². The molecule has 3 heteroatoms. The Morgan fingerprint density at radius 2 is 1.97 bits per heavy atom. The van der Waals surface area contributed by atoms with E-state index in [0.29, 0.717) is 22.9 Å². The first-order valence-electron chi connectivity index (χ1n) is 12.9. The van der Waals surface area contributed by atoms with Crippen LogP contribution < -0.4 is 0 Å². The Balaban J connectivity index is 1.31. The van der Waals surface area contributed by atoms with Crippen molar-refractivity contribution in [2.75, 3.05) is 6.61 Å². The molecule has 0 aromatic heterocycles. The number of hydrogen-bond acceptors (Lipinski definition) is 3. The van der Waals surface area contributed by atoms with Crippen molar-refractivity contribution in [3.63, 3.8) is 0 Å². The molecule has 1 saturated heterocycles. The van der Waals surface area contributed by atoms with Gasteiger partial charge < -0.3 is 14.3 Å². The van der Waals surface area contributed by atoms with Gasteiger partial charge in [-0.2, -0.15) is 0 Å². The number of aldehydes is 1. The summed E-state index contributed by atoms with van der Waals surface area (Å²) in [6.45, 7) is 8.13. The summed E-state index contributed by atoms with van der Waals surface area (Å²) in [7, 11) is 0. The smallest absolute Gasteiger partial charge is 0.157 e. The molecule has 0 aromatic carbocycles. The van der Waals surface area contributed by atoms with Crippen LogP contribution in [0.2, 0.25) is 0 Å². The molecule has 3 nitrogen and oxygen atoms in total. The highest BCUT2D eigenvalue weighted by Crippen LogP contribution is 2.67. The molecule has 168 valence electrons. The lowest BCUT2D eigenvalue weighted by Crippen LogP contribution is -2.51. The van der Waals surface area contributed by atoms with Crippen LogP contribution in [0.15, 0.2) is 11.6 Å². The Morgan fingerprint density at radius 3 is 2.73 bits per heavy atom. The van der Waals surface area contributed by atoms with Crippen molar-refractivity contribution in [2.24, 2.45) is 40.4 Å². The van der Waals surface area contributed by atoms with Gasteiger partial charge in [-0.15, -0.1) is 0 Å². The second kappa shape index (κ2) is 8.03. The van der Waals surface area contributed by atoms with Crippen LogP contribution in [-0.2, 0) is 14.3 Å². The summed E-state index contributed by atoms with van der Waals surface area (Å²) in [5, 5.41) is 0. The highest BCUT2D eigenvalue weighted by atomic mass is 16.7. The molecule has 4 aliphatic carbocycles. The fourth-order valence-electron chi connectivity index (χ4n) is 8.78. The first-order valence-corrected chi connectivity index (χ1v) is 12.9. The van der Waals surface area contributed by atoms with Crippen molar-refractivity contribution >= 4 is 6.29 Å². The number of rotatable bonds is 4. The molecule has 5 rings (SSSR count). The third-order valence-electron chi connectivity index (χ3n) is 10.5. The van der Waals surface area contributed by atoms with Gasteiger partial charge in [0.25, 0.3) is 0 Å². The average molecular weight is 415 g/mol. The molecule has 0 spiro atoms. The van der Waals surface area contributed by atoms with E-state index in [1.165, 1.54) is 64.1 Å². The van der Waals surface area contributed by atoms with Crippen LogP contribution in [0.5, 0.6) is 0 Å². The molecule has 5 aliphatic rings. The standard InChI is InChI=1S/C27H42O3/c1-18(17-28)22-9-10-23-21-8-7-19-16-20(30-25-6-4-5-15-29-25)11-13-26(19,2)24(21)12-14-27(22,23)3/h7,17-18,20-25H,4-6,8-16H2,1-3H3/t18-,20-,21-,22+,23-,24-,25?,26-,27+/m0/s1. The van der Waals surface area contributed by atoms with E-state index in [4.69, 9.17) is 9.47 Å². The van der Waals surface area contributed by atoms with E-state index in [1.807, 2.05) is 0 Å². The first kappa shape index (κ1) is 21.2. The van der Waals surface area contributed by atoms with E-state index in [0.717, 1.165) is 37.2 Å². The number of carbonyl (C=O) groups excluding carboxylic acids is 1. The van der Waals surface area contributed by atoms with Gasteiger partial charge in [-0.05, 0) is 105 Å². The summed E-state index contributed by atoms with van der Waals surface area (Å²) in [5.41, 5.74) is 2.43. The molecule has 30 heavy (non-hydrogen) atoms. The minimum Gasteiger partial charge on any atom is -0.353 e. The lowest BCUT2D eigenvalue weighted by molar-refractivity contribution is -0.195. The normalized spacial score (nSPS) is 49.4. The highest BCUT2D eigenvalue weighted by molar-refractivity contribution is 5.53. The number of allylic oxidation sites excluding steroid dienone is 1. The van der Waals surface area contributed by atoms with Crippen molar-refractivity contribution in [1.82, 2.24) is 0 Å². The Hall–Kier alpha value is -0.670. The Morgan fingerprint density at radius 1 is 1.10 bits per heavy atom. The van der Waals surface area contributed by atoms with Crippen molar-refractivity contribution < 1.29 is 14.3 Å². The topological polar surface area (TPSA) is 35.5 Å². The number of fused-ring (bicyclic) bond motifs is 5. The second-order valence-electron chi connectivity index (χ2n) is 11.8. The van der Waals surface area contributed by atoms with E-state index in [9.17, 15) is 4.79 Å². The SMILES string of the molecule is C[C@@H](C=O)[C@H]1CC[C@H]2[C@@H]3CC=C4C[C@@H](OC5CCCCO5)CC[C@]4(C)[C@H]3CC[C@]12C. The van der Waals surface area contributed by atoms with E-state index >= 15 is 0 Å². The van der Waals surface area contributed by atoms with Crippen LogP contribution in [0, 0.1) is 40.4 Å². The van der Waals surface area contributed by atoms with E-state index < -0.39 is 0 Å². The number of carbonyl (C=O) groups is 1. The van der Waals surface area contributed by atoms with Crippen molar-refractivity contribution in [3.05, 3.63) is 11.6 Å². The lowest BCUT2D eigenvalue weighted by atomic mass is 9.47. The number of ether oxygens (including phenoxy) is 2. The zero-order valence-corrected chi connectivity index (χ0v) is 19.4. The van der Waals surface area contributed by atoms with Gasteiger partial charge in [0.15, 0.2) is 6.29 Å². The third kappa shape index (κ3) is 3.34. The average Bonchev–Trinajstić information content (AvgIpc) is 3.11. The van der Waals surface area contributed by atoms with Crippen molar-refractivity contribution in [1.29, 1.82) is 0 Å². The van der Waals surface area contributed by atoms with Crippen LogP contribution >= 0.6 is 0 Å². The van der Waals surface area contributed by atoms with Crippen LogP contribution in [0.25, 0.3) is 0 Å². The van der Waals surface area contributed by atoms with Gasteiger partial charge in [-0.1, -0.05) is 32.4 Å². The van der Waals surface area contributed by atoms with Gasteiger partial charge in [0.05, 0.1) is 6.10 Å². The van der Waals surface area contributed by atoms with Crippen LogP contribution in [0.3, 0.4) is 0 Å². The highest BCUT2D eigenvalue weighted by Gasteiger charge is 2.59. The molecule has 3 saturated carbocycles. The predicted molar refractivity (Wildman–Crippen MR) is 119 cm³/mol. The molecule has 0 radical (unpaired) electrons. The van der Waals surface area contributed by atoms with Gasteiger partial charge in [-0.25, -0.2) is 0 Å². The van der Waals surface area contributed by atoms with Gasteiger partial charge in [-0.3, -0.25) is 0 Å². The third-order valence-corrected chi connectivity index (χ3v) is 10.5. The molecule has 0 N–H and O–H groups in total. The zero-order valence-electron chi connectivity index (χ0n) is 19.4. The maximum Gasteiger partial charge on any atom is 0.157 e. The molecule has 1 unspecified atom stereocenters. The summed E-state index contributed by atoms with van der Waals surface area (Å²) in [6, 6.07) is 0. The molecule has 0 amide bonds. The molecule has 0 bridgehead atoms. The van der Waals surface area contributed by atoms with Gasteiger partial charge in [0.1, 0.15) is 6.29 Å². The van der Waals surface area contributed by atoms with Crippen molar-refractivity contribution in [2.45, 2.75) is 104 Å². The predicted octanol–water partition coefficient (Wildman–Crippen LogP) is 6.31. The maximum absolute atomic E-state index is 11.6. The molecule has 9 atom stereocenters. The van der Waals surface area contributed by atoms with Gasteiger partial charge in [0.2, 0.25) is 0 Å². The summed E-state index contributed by atoms with van der Waals surface area (Å²) < 4.78 is 12.3. The van der Waals surface area contributed by atoms with Gasteiger partial charge >= 0.3 is 0 Å². The molecule has 1 aliphatic heterocycles. The molecular weight excluding hydrogens is 372 g/mol. The molecule has 1 heterocycles. The molecule has 0 aromatic rings. The van der Waals surface area contributed by atoms with Crippen LogP contribution in [0.4, 0.5) is 0 Å². The van der Waals surface area contributed by atoms with Crippen LogP contribution in [-0.4, -0.2) is 25.3 Å². The minimum absolute atomic E-state index is 0.0377. The lowest BCUT2D eigenvalue weighted by Gasteiger charge is -2.58. The van der Waals surface area contributed by atoms with E-state index in [1.54, 1.807) is 5.57 Å². The van der Waals surface area contributed by atoms with Gasteiger partial charge in [0, 0.05) is 12.5 Å². The summed E-state index contributed by atoms with van der Waals surface area (Å²) in [5.74, 6) is 3.27. The maximum atomic E-state index is 11.6. The fourth-order valence-corrected chi connectivity index (χ4v) is 8.78. The minimum atomic E-state index is 0.0377. The zero-order chi connectivity index (χ0) is 20.9. The second-order valence-corrected chi connectivity index (χ2v) is 11.8. The van der Waals surface area contributed by atoms with E-state index in [2.05, 4.69) is 26.8 Å². The summed E-state index contributed by atoms with van der Waals surface area (Å²) in [6.07, 6.45) is 17.8. The van der Waals surface area contributed by atoms with Crippen LogP contribution in [0.1, 0.15) is 91.4 Å². The first-order chi connectivity index (χ1) is 14.5. The summed E-state index contributed by atoms with van der Waals surface area (Å²) >= 11 is 0. The monoisotopic (exact) mass is 414 g/mol. The molecular formula is C27H42O3. The Bertz CT molecular complexity index is 680. The largest absolute Gasteiger partial charge is 0.353 e. The Kier molecular flexibility index (Phi) is 5.67. The number of hydrogen-bond donors (Lipinski definition) is 0.